The minimum absolute atomic E-state index is 0.0497. The SMILES string of the molecule is CCC(N)C(Oc1ccc(F)c(Cl)c1)c1ccc(C)s1. The highest BCUT2D eigenvalue weighted by Crippen LogP contribution is 2.31. The molecule has 0 aliphatic carbocycles. The third kappa shape index (κ3) is 3.51. The van der Waals surface area contributed by atoms with Crippen LogP contribution in [0.1, 0.15) is 29.2 Å². The van der Waals surface area contributed by atoms with E-state index >= 15 is 0 Å². The maximum absolute atomic E-state index is 13.2. The molecular weight excluding hydrogens is 297 g/mol. The number of hydrogen-bond acceptors (Lipinski definition) is 3. The van der Waals surface area contributed by atoms with Crippen molar-refractivity contribution < 1.29 is 9.13 Å². The van der Waals surface area contributed by atoms with Gasteiger partial charge in [-0.25, -0.2) is 4.39 Å². The van der Waals surface area contributed by atoms with Gasteiger partial charge in [0.05, 0.1) is 5.02 Å². The van der Waals surface area contributed by atoms with E-state index in [-0.39, 0.29) is 17.2 Å². The summed E-state index contributed by atoms with van der Waals surface area (Å²) in [6.07, 6.45) is 0.538. The Balaban J connectivity index is 2.25. The molecule has 2 unspecified atom stereocenters. The molecule has 1 heterocycles. The van der Waals surface area contributed by atoms with E-state index in [1.165, 1.54) is 17.0 Å². The van der Waals surface area contributed by atoms with Gasteiger partial charge in [-0.2, -0.15) is 0 Å². The first-order valence-corrected chi connectivity index (χ1v) is 7.64. The number of aryl methyl sites for hydroxylation is 1. The summed E-state index contributed by atoms with van der Waals surface area (Å²) in [5.41, 5.74) is 6.15. The second-order valence-electron chi connectivity index (χ2n) is 4.63. The molecule has 2 atom stereocenters. The number of hydrogen-bond donors (Lipinski definition) is 1. The lowest BCUT2D eigenvalue weighted by atomic mass is 10.1. The molecular formula is C15H17ClFNOS. The van der Waals surface area contributed by atoms with Crippen molar-refractivity contribution in [2.75, 3.05) is 0 Å². The zero-order chi connectivity index (χ0) is 14.7. The average Bonchev–Trinajstić information content (AvgIpc) is 2.85. The van der Waals surface area contributed by atoms with Crippen LogP contribution in [0.15, 0.2) is 30.3 Å². The van der Waals surface area contributed by atoms with Gasteiger partial charge in [0.15, 0.2) is 0 Å². The molecule has 108 valence electrons. The van der Waals surface area contributed by atoms with Crippen LogP contribution in [0.5, 0.6) is 5.75 Å². The second-order valence-corrected chi connectivity index (χ2v) is 6.36. The molecule has 0 radical (unpaired) electrons. The van der Waals surface area contributed by atoms with E-state index in [4.69, 9.17) is 22.1 Å². The second kappa shape index (κ2) is 6.57. The number of thiophene rings is 1. The van der Waals surface area contributed by atoms with Gasteiger partial charge in [-0.15, -0.1) is 11.3 Å². The lowest BCUT2D eigenvalue weighted by Gasteiger charge is -2.23. The molecule has 0 fully saturated rings. The summed E-state index contributed by atoms with van der Waals surface area (Å²) in [7, 11) is 0. The Morgan fingerprint density at radius 1 is 1.35 bits per heavy atom. The van der Waals surface area contributed by atoms with Gasteiger partial charge in [-0.1, -0.05) is 18.5 Å². The van der Waals surface area contributed by atoms with Crippen molar-refractivity contribution in [1.29, 1.82) is 0 Å². The molecule has 1 aromatic heterocycles. The Kier molecular flexibility index (Phi) is 5.02. The van der Waals surface area contributed by atoms with Crippen LogP contribution in [0.4, 0.5) is 4.39 Å². The van der Waals surface area contributed by atoms with Gasteiger partial charge in [0, 0.05) is 21.9 Å². The van der Waals surface area contributed by atoms with E-state index in [0.717, 1.165) is 11.3 Å². The first-order valence-electron chi connectivity index (χ1n) is 6.45. The zero-order valence-electron chi connectivity index (χ0n) is 11.4. The Morgan fingerprint density at radius 2 is 2.10 bits per heavy atom. The van der Waals surface area contributed by atoms with Gasteiger partial charge in [0.2, 0.25) is 0 Å². The predicted molar refractivity (Wildman–Crippen MR) is 82.1 cm³/mol. The third-order valence-electron chi connectivity index (χ3n) is 3.06. The summed E-state index contributed by atoms with van der Waals surface area (Å²) in [5, 5.41) is 0.0497. The largest absolute Gasteiger partial charge is 0.483 e. The highest BCUT2D eigenvalue weighted by Gasteiger charge is 2.22. The van der Waals surface area contributed by atoms with Crippen molar-refractivity contribution in [1.82, 2.24) is 0 Å². The van der Waals surface area contributed by atoms with Gasteiger partial charge in [0.25, 0.3) is 0 Å². The molecule has 0 bridgehead atoms. The molecule has 20 heavy (non-hydrogen) atoms. The molecule has 1 aromatic carbocycles. The number of nitrogens with two attached hydrogens (primary N) is 1. The number of benzene rings is 1. The van der Waals surface area contributed by atoms with Crippen LogP contribution >= 0.6 is 22.9 Å². The van der Waals surface area contributed by atoms with E-state index in [0.29, 0.717) is 5.75 Å². The Hall–Kier alpha value is -1.10. The smallest absolute Gasteiger partial charge is 0.148 e. The minimum atomic E-state index is -0.456. The first-order chi connectivity index (χ1) is 9.51. The summed E-state index contributed by atoms with van der Waals surface area (Å²) in [6.45, 7) is 4.05. The Bertz CT molecular complexity index is 587. The molecule has 2 aromatic rings. The lowest BCUT2D eigenvalue weighted by molar-refractivity contribution is 0.174. The van der Waals surface area contributed by atoms with Crippen LogP contribution in [0, 0.1) is 12.7 Å². The van der Waals surface area contributed by atoms with E-state index in [9.17, 15) is 4.39 Å². The summed E-state index contributed by atoms with van der Waals surface area (Å²) in [4.78, 5) is 2.27. The fraction of sp³-hybridized carbons (Fsp3) is 0.333. The Morgan fingerprint density at radius 3 is 2.65 bits per heavy atom. The molecule has 2 nitrogen and oxygen atoms in total. The van der Waals surface area contributed by atoms with E-state index in [1.54, 1.807) is 17.4 Å². The normalized spacial score (nSPS) is 14.1. The fourth-order valence-corrected chi connectivity index (χ4v) is 3.03. The molecule has 0 amide bonds. The van der Waals surface area contributed by atoms with Gasteiger partial charge < -0.3 is 10.5 Å². The molecule has 0 saturated carbocycles. The van der Waals surface area contributed by atoms with Crippen molar-refractivity contribution in [2.24, 2.45) is 5.73 Å². The molecule has 2 rings (SSSR count). The highest BCUT2D eigenvalue weighted by molar-refractivity contribution is 7.12. The van der Waals surface area contributed by atoms with Crippen LogP contribution in [-0.4, -0.2) is 6.04 Å². The van der Waals surface area contributed by atoms with Gasteiger partial charge in [-0.3, -0.25) is 0 Å². The zero-order valence-corrected chi connectivity index (χ0v) is 13.0. The Labute approximate surface area is 127 Å². The fourth-order valence-electron chi connectivity index (χ4n) is 1.87. The van der Waals surface area contributed by atoms with Gasteiger partial charge >= 0.3 is 0 Å². The number of halogens is 2. The quantitative estimate of drug-likeness (QED) is 0.868. The van der Waals surface area contributed by atoms with E-state index in [2.05, 4.69) is 0 Å². The molecule has 5 heteroatoms. The standard InChI is InChI=1S/C15H17ClFNOS/c1-3-13(18)15(14-7-4-9(2)20-14)19-10-5-6-12(17)11(16)8-10/h4-8,13,15H,3,18H2,1-2H3. The van der Waals surface area contributed by atoms with Crippen LogP contribution in [0.2, 0.25) is 5.02 Å². The average molecular weight is 314 g/mol. The maximum atomic E-state index is 13.2. The molecule has 0 aliphatic rings. The molecule has 2 N–H and O–H groups in total. The van der Waals surface area contributed by atoms with Crippen LogP contribution < -0.4 is 10.5 Å². The third-order valence-corrected chi connectivity index (χ3v) is 4.41. The van der Waals surface area contributed by atoms with Gasteiger partial charge in [0.1, 0.15) is 17.7 Å². The monoisotopic (exact) mass is 313 g/mol. The van der Waals surface area contributed by atoms with E-state index in [1.807, 2.05) is 26.0 Å². The maximum Gasteiger partial charge on any atom is 0.148 e. The first kappa shape index (κ1) is 15.3. The van der Waals surface area contributed by atoms with Crippen molar-refractivity contribution in [3.8, 4) is 5.75 Å². The van der Waals surface area contributed by atoms with Crippen molar-refractivity contribution >= 4 is 22.9 Å². The number of ether oxygens (including phenoxy) is 1. The van der Waals surface area contributed by atoms with Crippen LogP contribution in [-0.2, 0) is 0 Å². The summed E-state index contributed by atoms with van der Waals surface area (Å²) in [6, 6.07) is 8.27. The number of rotatable bonds is 5. The van der Waals surface area contributed by atoms with Gasteiger partial charge in [-0.05, 0) is 37.6 Å². The van der Waals surface area contributed by atoms with Crippen LogP contribution in [0.25, 0.3) is 0 Å². The molecule has 0 aliphatic heterocycles. The van der Waals surface area contributed by atoms with E-state index < -0.39 is 5.82 Å². The highest BCUT2D eigenvalue weighted by atomic mass is 35.5. The topological polar surface area (TPSA) is 35.2 Å². The minimum Gasteiger partial charge on any atom is -0.483 e. The molecule has 0 spiro atoms. The summed E-state index contributed by atoms with van der Waals surface area (Å²) in [5.74, 6) is 0.0682. The van der Waals surface area contributed by atoms with Crippen molar-refractivity contribution in [3.63, 3.8) is 0 Å². The molecule has 0 saturated heterocycles. The van der Waals surface area contributed by atoms with Crippen molar-refractivity contribution in [3.05, 3.63) is 50.9 Å². The predicted octanol–water partition coefficient (Wildman–Crippen LogP) is 4.71. The van der Waals surface area contributed by atoms with Crippen molar-refractivity contribution in [2.45, 2.75) is 32.4 Å². The van der Waals surface area contributed by atoms with Crippen LogP contribution in [0.3, 0.4) is 0 Å². The summed E-state index contributed by atoms with van der Waals surface area (Å²) < 4.78 is 19.1. The summed E-state index contributed by atoms with van der Waals surface area (Å²) >= 11 is 7.43. The lowest BCUT2D eigenvalue weighted by Crippen LogP contribution is -2.30.